The summed E-state index contributed by atoms with van der Waals surface area (Å²) in [6, 6.07) is 47.5. The predicted octanol–water partition coefficient (Wildman–Crippen LogP) is 7.99. The molecule has 0 atom stereocenters. The Morgan fingerprint density at radius 1 is 0.537 bits per heavy atom. The van der Waals surface area contributed by atoms with E-state index in [1.54, 1.807) is 0 Å². The molecule has 0 unspecified atom stereocenters. The van der Waals surface area contributed by atoms with Gasteiger partial charge in [0.2, 0.25) is 0 Å². The van der Waals surface area contributed by atoms with Crippen molar-refractivity contribution in [1.29, 1.82) is 0 Å². The number of ether oxygens (including phenoxy) is 2. The smallest absolute Gasteiger partial charge is 0.160 e. The predicted molar refractivity (Wildman–Crippen MR) is 162 cm³/mol. The van der Waals surface area contributed by atoms with Crippen LogP contribution in [0.4, 0.5) is 11.4 Å². The Hall–Kier alpha value is -3.86. The average Bonchev–Trinajstić information content (AvgIpc) is 3.05. The first kappa shape index (κ1) is 27.3. The Morgan fingerprint density at radius 3 is 1.80 bits per heavy atom. The minimum Gasteiger partial charge on any atom is -0.473 e. The van der Waals surface area contributed by atoms with Crippen LogP contribution in [0.1, 0.15) is 11.1 Å². The van der Waals surface area contributed by atoms with E-state index in [4.69, 9.17) is 9.47 Å². The van der Waals surface area contributed by atoms with Gasteiger partial charge in [-0.2, -0.15) is 36.4 Å². The van der Waals surface area contributed by atoms with E-state index in [-0.39, 0.29) is 32.7 Å². The van der Waals surface area contributed by atoms with Crippen molar-refractivity contribution in [2.45, 2.75) is 13.1 Å². The Kier molecular flexibility index (Phi) is 8.22. The average molecular weight is 610 g/mol. The van der Waals surface area contributed by atoms with Crippen LogP contribution in [-0.2, 0) is 45.8 Å². The molecule has 0 spiro atoms. The number of anilines is 2. The molecule has 2 aliphatic rings. The SMILES string of the molecule is [Y].[c-]1ccc(N2COc3c(ccc4ccccc34)C2)cc1.[c-]1ccc(N2COc3ccc4ccccc4c3C2)cc1. The molecule has 0 saturated heterocycles. The van der Waals surface area contributed by atoms with Gasteiger partial charge < -0.3 is 19.3 Å². The summed E-state index contributed by atoms with van der Waals surface area (Å²) in [5.74, 6) is 2.03. The second kappa shape index (κ2) is 12.3. The molecule has 8 rings (SSSR count). The van der Waals surface area contributed by atoms with E-state index >= 15 is 0 Å². The third-order valence-corrected chi connectivity index (χ3v) is 7.54. The topological polar surface area (TPSA) is 24.9 Å². The quantitative estimate of drug-likeness (QED) is 0.186. The van der Waals surface area contributed by atoms with Crippen LogP contribution in [0.5, 0.6) is 11.5 Å². The second-order valence-electron chi connectivity index (χ2n) is 10.00. The van der Waals surface area contributed by atoms with Crippen molar-refractivity contribution in [3.05, 3.63) is 145 Å². The van der Waals surface area contributed by atoms with E-state index in [0.29, 0.717) is 13.5 Å². The molecule has 1 radical (unpaired) electrons. The minimum atomic E-state index is 0. The van der Waals surface area contributed by atoms with Crippen molar-refractivity contribution >= 4 is 32.9 Å². The molecule has 41 heavy (non-hydrogen) atoms. The van der Waals surface area contributed by atoms with Crippen molar-refractivity contribution in [3.63, 3.8) is 0 Å². The summed E-state index contributed by atoms with van der Waals surface area (Å²) in [5, 5.41) is 4.97. The maximum absolute atomic E-state index is 6.02. The molecule has 4 nitrogen and oxygen atoms in total. The van der Waals surface area contributed by atoms with E-state index in [1.807, 2.05) is 24.3 Å². The summed E-state index contributed by atoms with van der Waals surface area (Å²) in [4.78, 5) is 4.47. The minimum absolute atomic E-state index is 0. The van der Waals surface area contributed by atoms with Crippen LogP contribution in [0.3, 0.4) is 0 Å². The largest absolute Gasteiger partial charge is 0.473 e. The van der Waals surface area contributed by atoms with Gasteiger partial charge in [0.05, 0.1) is 0 Å². The molecule has 2 heterocycles. The van der Waals surface area contributed by atoms with Crippen LogP contribution in [0.15, 0.2) is 121 Å². The maximum Gasteiger partial charge on any atom is 0.160 e. The van der Waals surface area contributed by atoms with Crippen LogP contribution in [0, 0.1) is 12.1 Å². The van der Waals surface area contributed by atoms with Gasteiger partial charge in [-0.15, -0.1) is 24.3 Å². The number of nitrogens with zero attached hydrogens (tertiary/aromatic N) is 2. The van der Waals surface area contributed by atoms with Gasteiger partial charge in [-0.3, -0.25) is 0 Å². The molecule has 0 amide bonds. The van der Waals surface area contributed by atoms with Crippen molar-refractivity contribution < 1.29 is 42.2 Å². The Bertz CT molecular complexity index is 1780. The summed E-state index contributed by atoms with van der Waals surface area (Å²) in [7, 11) is 0. The zero-order valence-corrected chi connectivity index (χ0v) is 25.5. The van der Waals surface area contributed by atoms with E-state index < -0.39 is 0 Å². The zero-order valence-electron chi connectivity index (χ0n) is 22.7. The normalized spacial score (nSPS) is 13.6. The van der Waals surface area contributed by atoms with Gasteiger partial charge in [0, 0.05) is 62.3 Å². The van der Waals surface area contributed by atoms with Crippen molar-refractivity contribution in [2.24, 2.45) is 0 Å². The summed E-state index contributed by atoms with van der Waals surface area (Å²) >= 11 is 0. The molecule has 6 aromatic rings. The summed E-state index contributed by atoms with van der Waals surface area (Å²) < 4.78 is 11.9. The number of benzene rings is 6. The molecule has 0 aromatic heterocycles. The standard InChI is InChI=1S/2C18H14NO.Y/c1-2-7-16(8-3-1)19-12-15-11-10-14-6-4-5-9-17(14)18(15)20-13-19;1-2-7-15(8-3-1)19-12-17-16-9-5-4-6-14(16)10-11-18(17)20-13-19;/h2*2-11H,12-13H2;/q2*-1;. The van der Waals surface area contributed by atoms with E-state index in [0.717, 1.165) is 24.6 Å². The fraction of sp³-hybridized carbons (Fsp3) is 0.111. The molecule has 0 fully saturated rings. The maximum atomic E-state index is 6.02. The van der Waals surface area contributed by atoms with Crippen LogP contribution in [-0.4, -0.2) is 13.5 Å². The summed E-state index contributed by atoms with van der Waals surface area (Å²) in [6.45, 7) is 2.94. The fourth-order valence-corrected chi connectivity index (χ4v) is 5.48. The molecule has 0 bridgehead atoms. The first-order valence-electron chi connectivity index (χ1n) is 13.5. The van der Waals surface area contributed by atoms with Gasteiger partial charge in [0.25, 0.3) is 0 Å². The van der Waals surface area contributed by atoms with Gasteiger partial charge in [-0.25, -0.2) is 0 Å². The molecular formula is C36H28N2O2Y-2. The Morgan fingerprint density at radius 2 is 1.10 bits per heavy atom. The first-order chi connectivity index (χ1) is 19.8. The van der Waals surface area contributed by atoms with Crippen LogP contribution >= 0.6 is 0 Å². The van der Waals surface area contributed by atoms with Gasteiger partial charge in [0.1, 0.15) is 11.5 Å². The molecule has 0 aliphatic carbocycles. The number of hydrogen-bond donors (Lipinski definition) is 0. The zero-order chi connectivity index (χ0) is 26.7. The Balaban J connectivity index is 0.000000144. The Labute approximate surface area is 266 Å². The fourth-order valence-electron chi connectivity index (χ4n) is 5.48. The molecule has 0 saturated carbocycles. The van der Waals surface area contributed by atoms with Crippen molar-refractivity contribution in [2.75, 3.05) is 23.3 Å². The van der Waals surface area contributed by atoms with Crippen LogP contribution in [0.25, 0.3) is 21.5 Å². The van der Waals surface area contributed by atoms with E-state index in [9.17, 15) is 0 Å². The molecule has 6 aromatic carbocycles. The third kappa shape index (κ3) is 5.68. The third-order valence-electron chi connectivity index (χ3n) is 7.54. The molecule has 199 valence electrons. The van der Waals surface area contributed by atoms with E-state index in [2.05, 4.69) is 119 Å². The second-order valence-corrected chi connectivity index (χ2v) is 10.00. The van der Waals surface area contributed by atoms with Gasteiger partial charge >= 0.3 is 0 Å². The molecule has 5 heteroatoms. The van der Waals surface area contributed by atoms with Gasteiger partial charge in [-0.1, -0.05) is 78.1 Å². The van der Waals surface area contributed by atoms with Crippen molar-refractivity contribution in [1.82, 2.24) is 0 Å². The van der Waals surface area contributed by atoms with Crippen LogP contribution < -0.4 is 19.3 Å². The van der Waals surface area contributed by atoms with Crippen LogP contribution in [0.2, 0.25) is 0 Å². The molecular weight excluding hydrogens is 581 g/mol. The monoisotopic (exact) mass is 609 g/mol. The summed E-state index contributed by atoms with van der Waals surface area (Å²) in [5.41, 5.74) is 4.84. The first-order valence-corrected chi connectivity index (χ1v) is 13.5. The number of rotatable bonds is 2. The van der Waals surface area contributed by atoms with Crippen molar-refractivity contribution in [3.8, 4) is 11.5 Å². The summed E-state index contributed by atoms with van der Waals surface area (Å²) in [6.07, 6.45) is 0. The van der Waals surface area contributed by atoms with Gasteiger partial charge in [0.15, 0.2) is 13.5 Å². The molecule has 2 aliphatic heterocycles. The van der Waals surface area contributed by atoms with E-state index in [1.165, 1.54) is 44.0 Å². The molecule has 0 N–H and O–H groups in total. The number of hydrogen-bond acceptors (Lipinski definition) is 4. The number of fused-ring (bicyclic) bond motifs is 6. The van der Waals surface area contributed by atoms with Gasteiger partial charge in [-0.05, 0) is 22.2 Å².